The summed E-state index contributed by atoms with van der Waals surface area (Å²) in [5.41, 5.74) is 5.27. The number of imide groups is 1. The van der Waals surface area contributed by atoms with Crippen LogP contribution in [0.5, 0.6) is 0 Å². The van der Waals surface area contributed by atoms with E-state index in [1.54, 1.807) is 73.0 Å². The zero-order valence-electron chi connectivity index (χ0n) is 34.1. The summed E-state index contributed by atoms with van der Waals surface area (Å²) >= 11 is 0. The lowest BCUT2D eigenvalue weighted by Crippen LogP contribution is -2.30. The third kappa shape index (κ3) is 6.64. The largest absolute Gasteiger partial charge is 0.417 e. The Morgan fingerprint density at radius 1 is 0.438 bits per heavy atom. The molecule has 2 amide bonds. The third-order valence-corrected chi connectivity index (χ3v) is 12.0. The molecule has 1 aliphatic rings. The van der Waals surface area contributed by atoms with E-state index in [0.717, 1.165) is 29.3 Å². The molecule has 0 N–H and O–H groups in total. The number of aromatic nitrogens is 1. The molecule has 0 saturated heterocycles. The van der Waals surface area contributed by atoms with Gasteiger partial charge in [-0.25, -0.2) is 4.90 Å². The van der Waals surface area contributed by atoms with Crippen molar-refractivity contribution in [3.63, 3.8) is 0 Å². The number of carbonyl (C=O) groups is 2. The summed E-state index contributed by atoms with van der Waals surface area (Å²) in [5, 5.41) is 1.31. The van der Waals surface area contributed by atoms with Crippen molar-refractivity contribution >= 4 is 39.3 Å². The minimum Gasteiger partial charge on any atom is -0.308 e. The number of rotatable bonds is 6. The Bertz CT molecular complexity index is 3310. The van der Waals surface area contributed by atoms with Crippen LogP contribution >= 0.6 is 0 Å². The average Bonchev–Trinajstić information content (AvgIpc) is 3.74. The molecule has 0 fully saturated rings. The highest BCUT2D eigenvalue weighted by Gasteiger charge is 2.42. The monoisotopic (exact) mass is 856 g/mol. The molecule has 314 valence electrons. The average molecular weight is 857 g/mol. The summed E-state index contributed by atoms with van der Waals surface area (Å²) in [6, 6.07) is 47.5. The first-order chi connectivity index (χ1) is 30.7. The van der Waals surface area contributed by atoms with E-state index in [4.69, 9.17) is 0 Å². The number of nitrogens with zero attached hydrogens (tertiary/aromatic N) is 2. The van der Waals surface area contributed by atoms with E-state index in [1.165, 1.54) is 17.0 Å². The van der Waals surface area contributed by atoms with Gasteiger partial charge in [-0.05, 0) is 95.3 Å². The Morgan fingerprint density at radius 2 is 0.984 bits per heavy atom. The molecule has 0 saturated carbocycles. The van der Waals surface area contributed by atoms with Crippen molar-refractivity contribution < 1.29 is 35.9 Å². The van der Waals surface area contributed by atoms with Gasteiger partial charge in [0, 0.05) is 21.9 Å². The van der Waals surface area contributed by atoms with Crippen LogP contribution in [0.3, 0.4) is 0 Å². The number of para-hydroxylation sites is 1. The van der Waals surface area contributed by atoms with Gasteiger partial charge in [0.05, 0.1) is 44.7 Å². The predicted octanol–water partition coefficient (Wildman–Crippen LogP) is 14.9. The number of alkyl halides is 6. The molecule has 0 bridgehead atoms. The lowest BCUT2D eigenvalue weighted by Gasteiger charge is -2.23. The summed E-state index contributed by atoms with van der Waals surface area (Å²) in [7, 11) is 0. The van der Waals surface area contributed by atoms with Crippen molar-refractivity contribution in [1.29, 1.82) is 0 Å². The Morgan fingerprint density at radius 3 is 1.55 bits per heavy atom. The number of hydrogen-bond acceptors (Lipinski definition) is 2. The molecule has 0 spiro atoms. The van der Waals surface area contributed by atoms with Gasteiger partial charge in [0.2, 0.25) is 0 Å². The van der Waals surface area contributed by atoms with E-state index in [9.17, 15) is 31.1 Å². The Labute approximate surface area is 363 Å². The summed E-state index contributed by atoms with van der Waals surface area (Å²) in [4.78, 5) is 31.5. The molecule has 10 heteroatoms. The molecule has 2 heterocycles. The van der Waals surface area contributed by atoms with Gasteiger partial charge in [-0.3, -0.25) is 9.59 Å². The third-order valence-electron chi connectivity index (χ3n) is 12.0. The Hall–Kier alpha value is -7.72. The number of benzene rings is 8. The maximum absolute atomic E-state index is 15.4. The lowest BCUT2D eigenvalue weighted by molar-refractivity contribution is -0.138. The van der Waals surface area contributed by atoms with Crippen LogP contribution < -0.4 is 4.90 Å². The van der Waals surface area contributed by atoms with Gasteiger partial charge in [0.25, 0.3) is 11.8 Å². The summed E-state index contributed by atoms with van der Waals surface area (Å²) in [6.07, 6.45) is -9.21. The smallest absolute Gasteiger partial charge is 0.308 e. The molecular weight excluding hydrogens is 823 g/mol. The number of amides is 2. The predicted molar refractivity (Wildman–Crippen MR) is 240 cm³/mol. The van der Waals surface area contributed by atoms with E-state index in [1.807, 2.05) is 84.9 Å². The maximum Gasteiger partial charge on any atom is 0.417 e. The second kappa shape index (κ2) is 15.0. The first-order valence-electron chi connectivity index (χ1n) is 20.4. The molecule has 1 aromatic heterocycles. The molecule has 8 aromatic carbocycles. The fraction of sp³-hybridized carbons (Fsp3) is 0.0741. The van der Waals surface area contributed by atoms with Gasteiger partial charge < -0.3 is 4.57 Å². The standard InChI is InChI=1S/C54H34F6N2O2/c1-31-19-23-39(45(27-31)54(58,59)60)36-21-25-43-42-24-20-35(38-26-22-37(28-32(38)2)53(55,56)57)29-47(42)61(48(43)30-36)46-18-10-17-44-49(46)52(64)62(51(44)63)50-40(33-11-5-3-6-12-33)15-9-16-41(50)34-13-7-4-8-14-34/h3-30H,1-2H3. The first kappa shape index (κ1) is 40.4. The molecule has 0 radical (unpaired) electrons. The van der Waals surface area contributed by atoms with E-state index in [0.29, 0.717) is 66.6 Å². The van der Waals surface area contributed by atoms with Gasteiger partial charge in [-0.2, -0.15) is 26.3 Å². The van der Waals surface area contributed by atoms with E-state index in [-0.39, 0.29) is 22.3 Å². The van der Waals surface area contributed by atoms with E-state index < -0.39 is 35.3 Å². The fourth-order valence-electron chi connectivity index (χ4n) is 9.06. The molecular formula is C54H34F6N2O2. The lowest BCUT2D eigenvalue weighted by atomic mass is 9.95. The number of carbonyl (C=O) groups excluding carboxylic acids is 2. The van der Waals surface area contributed by atoms with Crippen LogP contribution in [0.25, 0.3) is 72.0 Å². The quantitative estimate of drug-likeness (QED) is 0.123. The zero-order valence-corrected chi connectivity index (χ0v) is 34.1. The van der Waals surface area contributed by atoms with Crippen molar-refractivity contribution in [2.75, 3.05) is 4.90 Å². The van der Waals surface area contributed by atoms with Gasteiger partial charge >= 0.3 is 12.4 Å². The minimum absolute atomic E-state index is 0.0421. The number of halogens is 6. The Kier molecular flexibility index (Phi) is 9.44. The van der Waals surface area contributed by atoms with Gasteiger partial charge in [0.15, 0.2) is 0 Å². The highest BCUT2D eigenvalue weighted by molar-refractivity contribution is 6.37. The number of aryl methyl sites for hydroxylation is 2. The summed E-state index contributed by atoms with van der Waals surface area (Å²) < 4.78 is 86.8. The van der Waals surface area contributed by atoms with Gasteiger partial charge in [-0.1, -0.05) is 133 Å². The molecule has 0 atom stereocenters. The van der Waals surface area contributed by atoms with Crippen LogP contribution in [0, 0.1) is 13.8 Å². The minimum atomic E-state index is -4.66. The van der Waals surface area contributed by atoms with Gasteiger partial charge in [0.1, 0.15) is 0 Å². The first-order valence-corrected chi connectivity index (χ1v) is 20.4. The molecule has 1 aliphatic heterocycles. The molecule has 4 nitrogen and oxygen atoms in total. The maximum atomic E-state index is 15.4. The zero-order chi connectivity index (χ0) is 44.7. The fourth-order valence-corrected chi connectivity index (χ4v) is 9.06. The SMILES string of the molecule is Cc1ccc(-c2ccc3c4ccc(-c5ccc(C(F)(F)F)cc5C)cc4n(-c4cccc5c4C(=O)N(c4c(-c6ccccc6)cccc4-c4ccccc4)C5=O)c3c2)c(C(F)(F)F)c1. The number of anilines is 1. The second-order valence-electron chi connectivity index (χ2n) is 16.0. The van der Waals surface area contributed by atoms with Crippen LogP contribution in [-0.4, -0.2) is 16.4 Å². The van der Waals surface area contributed by atoms with E-state index >= 15 is 4.79 Å². The molecule has 0 aliphatic carbocycles. The summed E-state index contributed by atoms with van der Waals surface area (Å²) in [6.45, 7) is 3.19. The van der Waals surface area contributed by atoms with Crippen molar-refractivity contribution in [3.05, 3.63) is 203 Å². The van der Waals surface area contributed by atoms with E-state index in [2.05, 4.69) is 0 Å². The van der Waals surface area contributed by atoms with Crippen LogP contribution in [0.1, 0.15) is 43.0 Å². The summed E-state index contributed by atoms with van der Waals surface area (Å²) in [5.74, 6) is -1.16. The van der Waals surface area contributed by atoms with Crippen molar-refractivity contribution in [2.45, 2.75) is 26.2 Å². The van der Waals surface area contributed by atoms with Crippen molar-refractivity contribution in [3.8, 4) is 50.2 Å². The van der Waals surface area contributed by atoms with Crippen LogP contribution in [0.4, 0.5) is 32.0 Å². The van der Waals surface area contributed by atoms with Crippen molar-refractivity contribution in [2.24, 2.45) is 0 Å². The molecule has 10 rings (SSSR count). The highest BCUT2D eigenvalue weighted by Crippen LogP contribution is 2.46. The Balaban J connectivity index is 1.24. The normalized spacial score (nSPS) is 13.0. The highest BCUT2D eigenvalue weighted by atomic mass is 19.4. The number of fused-ring (bicyclic) bond motifs is 4. The van der Waals surface area contributed by atoms with Crippen molar-refractivity contribution in [1.82, 2.24) is 4.57 Å². The molecule has 9 aromatic rings. The number of hydrogen-bond donors (Lipinski definition) is 0. The van der Waals surface area contributed by atoms with Crippen LogP contribution in [-0.2, 0) is 12.4 Å². The topological polar surface area (TPSA) is 42.3 Å². The van der Waals surface area contributed by atoms with Crippen LogP contribution in [0.15, 0.2) is 170 Å². The molecule has 0 unspecified atom stereocenters. The van der Waals surface area contributed by atoms with Crippen LogP contribution in [0.2, 0.25) is 0 Å². The van der Waals surface area contributed by atoms with Gasteiger partial charge in [-0.15, -0.1) is 0 Å². The molecule has 64 heavy (non-hydrogen) atoms. The second-order valence-corrected chi connectivity index (χ2v) is 16.0.